The maximum absolute atomic E-state index is 6.52. The zero-order valence-electron chi connectivity index (χ0n) is 53.6. The van der Waals surface area contributed by atoms with Crippen LogP contribution in [0.5, 0.6) is 0 Å². The molecular formula is C93H57N5O. The van der Waals surface area contributed by atoms with E-state index < -0.39 is 10.8 Å². The summed E-state index contributed by atoms with van der Waals surface area (Å²) in [5, 5.41) is 14.4. The first-order valence-corrected chi connectivity index (χ1v) is 34.0. The van der Waals surface area contributed by atoms with Crippen molar-refractivity contribution in [2.45, 2.75) is 10.8 Å². The lowest BCUT2D eigenvalue weighted by atomic mass is 9.70. The molecule has 0 fully saturated rings. The third-order valence-corrected chi connectivity index (χ3v) is 21.7. The molecular weight excluding hydrogens is 1200 g/mol. The third kappa shape index (κ3) is 7.74. The fourth-order valence-electron chi connectivity index (χ4n) is 17.8. The smallest absolute Gasteiger partial charge is 0.249 e. The average molecular weight is 1260 g/mol. The van der Waals surface area contributed by atoms with Crippen molar-refractivity contribution in [1.82, 2.24) is 24.3 Å². The highest BCUT2D eigenvalue weighted by molar-refractivity contribution is 6.29. The molecule has 0 bridgehead atoms. The summed E-state index contributed by atoms with van der Waals surface area (Å²) in [6.07, 6.45) is 3.51. The van der Waals surface area contributed by atoms with Gasteiger partial charge in [-0.3, -0.25) is 4.98 Å². The predicted molar refractivity (Wildman–Crippen MR) is 402 cm³/mol. The lowest BCUT2D eigenvalue weighted by molar-refractivity contribution is 0.584. The van der Waals surface area contributed by atoms with Gasteiger partial charge < -0.3 is 13.6 Å². The summed E-state index contributed by atoms with van der Waals surface area (Å²) in [7, 11) is 0. The highest BCUT2D eigenvalue weighted by Gasteiger charge is 2.53. The minimum atomic E-state index is -0.460. The normalized spacial score (nSPS) is 13.4. The van der Waals surface area contributed by atoms with Crippen LogP contribution in [0.3, 0.4) is 0 Å². The highest BCUT2D eigenvalue weighted by Crippen LogP contribution is 2.65. The van der Waals surface area contributed by atoms with E-state index in [0.29, 0.717) is 11.8 Å². The van der Waals surface area contributed by atoms with E-state index in [1.54, 1.807) is 12.4 Å². The summed E-state index contributed by atoms with van der Waals surface area (Å²) in [6.45, 7) is 0. The Labute approximate surface area is 571 Å². The number of aromatic nitrogens is 5. The van der Waals surface area contributed by atoms with Crippen molar-refractivity contribution in [2.24, 2.45) is 0 Å². The maximum atomic E-state index is 6.52. The van der Waals surface area contributed by atoms with Crippen LogP contribution in [-0.4, -0.2) is 24.3 Å². The zero-order valence-corrected chi connectivity index (χ0v) is 53.6. The highest BCUT2D eigenvalue weighted by atomic mass is 16.4. The van der Waals surface area contributed by atoms with Crippen molar-refractivity contribution in [2.75, 3.05) is 0 Å². The van der Waals surface area contributed by atoms with Crippen LogP contribution in [0.1, 0.15) is 44.5 Å². The SMILES string of the molecule is c1ccc(-n2c3ccccc3c3c4c5ccccc5n(-c5ccccc5)c4ccc32)cc1.c1cncc(-c2nnc(-c3cc(-c4ccc5c(c4)C4(c6ccccc6-c6ccccc64)c4ccccc4-5)cc(-c4ccc5c(c4)C4(c6ccccc6-c6ccccc64)c4ccccc4-5)c3)o2)c1. The van der Waals surface area contributed by atoms with E-state index in [1.807, 2.05) is 12.1 Å². The second-order valence-corrected chi connectivity index (χ2v) is 26.5. The number of pyridine rings is 1. The molecule has 4 aromatic heterocycles. The molecule has 460 valence electrons. The largest absolute Gasteiger partial charge is 0.416 e. The Hall–Kier alpha value is -13.0. The standard InChI is InChI=1S/C63H37N3O.C30H20N2/c1-7-21-52-44(15-1)45-16-2-8-22-53(45)62(52)56-25-11-5-19-48(56)50-29-27-38(35-58(50)62)41-32-42(34-43(33-41)61-66-65-60(67-61)40-14-13-31-64-37-40)39-28-30-51-49-20-6-12-26-57(49)63(59(51)36-39)54-23-9-3-17-46(54)47-18-4-10-24-55(47)63;1-3-11-21(12-4-1)31-25-17-9-7-15-23(25)29-27(31)19-20-28-30(29)24-16-8-10-18-26(24)32(28)22-13-5-2-6-14-22/h1-37H;1-20H. The Balaban J connectivity index is 0.000000168. The molecule has 99 heavy (non-hydrogen) atoms. The first-order chi connectivity index (χ1) is 49.1. The molecule has 0 saturated carbocycles. The number of rotatable bonds is 6. The molecule has 18 aromatic rings. The van der Waals surface area contributed by atoms with Gasteiger partial charge in [0.1, 0.15) is 0 Å². The van der Waals surface area contributed by atoms with Crippen molar-refractivity contribution in [3.63, 3.8) is 0 Å². The van der Waals surface area contributed by atoms with E-state index >= 15 is 0 Å². The summed E-state index contributed by atoms with van der Waals surface area (Å²) in [5.74, 6) is 0.885. The van der Waals surface area contributed by atoms with Gasteiger partial charge in [-0.2, -0.15) is 0 Å². The quantitative estimate of drug-likeness (QED) is 0.166. The Morgan fingerprint density at radius 3 is 0.980 bits per heavy atom. The molecule has 22 rings (SSSR count). The Morgan fingerprint density at radius 2 is 0.586 bits per heavy atom. The summed E-state index contributed by atoms with van der Waals surface area (Å²) >= 11 is 0. The predicted octanol–water partition coefficient (Wildman–Crippen LogP) is 22.7. The van der Waals surface area contributed by atoms with E-state index in [1.165, 1.54) is 144 Å². The minimum absolute atomic E-state index is 0.432. The van der Waals surface area contributed by atoms with Gasteiger partial charge in [-0.25, -0.2) is 0 Å². The topological polar surface area (TPSA) is 61.7 Å². The van der Waals surface area contributed by atoms with Crippen LogP contribution in [0.2, 0.25) is 0 Å². The van der Waals surface area contributed by atoms with E-state index in [9.17, 15) is 0 Å². The molecule has 6 nitrogen and oxygen atoms in total. The molecule has 14 aromatic carbocycles. The average Bonchev–Trinajstić information content (AvgIpc) is 1.53. The molecule has 0 saturated heterocycles. The summed E-state index contributed by atoms with van der Waals surface area (Å²) in [4.78, 5) is 4.33. The molecule has 4 aliphatic carbocycles. The number of hydrogen-bond donors (Lipinski definition) is 0. The van der Waals surface area contributed by atoms with Gasteiger partial charge in [0.15, 0.2) is 0 Å². The van der Waals surface area contributed by atoms with Crippen LogP contribution in [0.4, 0.5) is 0 Å². The van der Waals surface area contributed by atoms with Gasteiger partial charge in [0, 0.05) is 50.9 Å². The number of hydrogen-bond acceptors (Lipinski definition) is 4. The van der Waals surface area contributed by atoms with Gasteiger partial charge in [0.2, 0.25) is 11.8 Å². The van der Waals surface area contributed by atoms with Crippen LogP contribution < -0.4 is 0 Å². The molecule has 0 radical (unpaired) electrons. The van der Waals surface area contributed by atoms with Gasteiger partial charge in [-0.05, 0) is 202 Å². The van der Waals surface area contributed by atoms with Gasteiger partial charge in [-0.1, -0.05) is 243 Å². The first-order valence-electron chi connectivity index (χ1n) is 34.0. The summed E-state index contributed by atoms with van der Waals surface area (Å²) in [6, 6.07) is 122. The zero-order chi connectivity index (χ0) is 64.9. The number of nitrogens with zero attached hydrogens (tertiary/aromatic N) is 5. The number of benzene rings is 14. The molecule has 6 heteroatoms. The molecule has 0 N–H and O–H groups in total. The van der Waals surface area contributed by atoms with Crippen LogP contribution in [0, 0.1) is 0 Å². The van der Waals surface area contributed by atoms with Crippen molar-refractivity contribution < 1.29 is 4.42 Å². The van der Waals surface area contributed by atoms with Crippen LogP contribution in [0.25, 0.3) is 145 Å². The summed E-state index contributed by atoms with van der Waals surface area (Å²) in [5.41, 5.74) is 33.2. The number of fused-ring (bicyclic) bond motifs is 27. The Bertz CT molecular complexity index is 5900. The minimum Gasteiger partial charge on any atom is -0.416 e. The van der Waals surface area contributed by atoms with E-state index in [2.05, 4.69) is 346 Å². The van der Waals surface area contributed by atoms with E-state index in [0.717, 1.165) is 33.4 Å². The molecule has 2 spiro atoms. The lowest BCUT2D eigenvalue weighted by Gasteiger charge is -2.31. The Kier molecular flexibility index (Phi) is 11.9. The van der Waals surface area contributed by atoms with Gasteiger partial charge in [0.05, 0.1) is 38.5 Å². The molecule has 0 unspecified atom stereocenters. The fraction of sp³-hybridized carbons (Fsp3) is 0.0215. The van der Waals surface area contributed by atoms with Crippen LogP contribution in [0.15, 0.2) is 350 Å². The van der Waals surface area contributed by atoms with E-state index in [-0.39, 0.29) is 0 Å². The monoisotopic (exact) mass is 1260 g/mol. The van der Waals surface area contributed by atoms with Crippen molar-refractivity contribution in [3.05, 3.63) is 391 Å². The molecule has 0 aliphatic heterocycles. The fourth-order valence-corrected chi connectivity index (χ4v) is 17.8. The van der Waals surface area contributed by atoms with E-state index in [4.69, 9.17) is 4.42 Å². The van der Waals surface area contributed by atoms with Crippen molar-refractivity contribution >= 4 is 43.6 Å². The second-order valence-electron chi connectivity index (χ2n) is 26.5. The Morgan fingerprint density at radius 1 is 0.242 bits per heavy atom. The molecule has 4 aliphatic rings. The van der Waals surface area contributed by atoms with Gasteiger partial charge in [-0.15, -0.1) is 10.2 Å². The lowest BCUT2D eigenvalue weighted by Crippen LogP contribution is -2.25. The van der Waals surface area contributed by atoms with Gasteiger partial charge in [0.25, 0.3) is 0 Å². The summed E-state index contributed by atoms with van der Waals surface area (Å²) < 4.78 is 11.3. The van der Waals surface area contributed by atoms with Crippen LogP contribution >= 0.6 is 0 Å². The van der Waals surface area contributed by atoms with Crippen molar-refractivity contribution in [3.8, 4) is 101 Å². The van der Waals surface area contributed by atoms with Crippen molar-refractivity contribution in [1.29, 1.82) is 0 Å². The first kappa shape index (κ1) is 55.3. The van der Waals surface area contributed by atoms with Gasteiger partial charge >= 0.3 is 0 Å². The molecule has 4 heterocycles. The maximum Gasteiger partial charge on any atom is 0.249 e. The second kappa shape index (κ2) is 21.2. The molecule has 0 amide bonds. The third-order valence-electron chi connectivity index (χ3n) is 21.7. The molecule has 0 atom stereocenters. The number of para-hydroxylation sites is 4. The van der Waals surface area contributed by atoms with Crippen LogP contribution in [-0.2, 0) is 10.8 Å².